The summed E-state index contributed by atoms with van der Waals surface area (Å²) >= 11 is 0. The Kier molecular flexibility index (Phi) is 8.31. The lowest BCUT2D eigenvalue weighted by molar-refractivity contribution is 0.0187. The lowest BCUT2D eigenvalue weighted by atomic mass is 9.78. The fourth-order valence-corrected chi connectivity index (χ4v) is 4.28. The van der Waals surface area contributed by atoms with Crippen LogP contribution in [0.4, 0.5) is 0 Å². The molecule has 0 spiro atoms. The molecule has 0 aliphatic heterocycles. The first-order valence-electron chi connectivity index (χ1n) is 9.83. The third-order valence-corrected chi connectivity index (χ3v) is 5.90. The number of ether oxygens (including phenoxy) is 1. The van der Waals surface area contributed by atoms with Gasteiger partial charge in [-0.3, -0.25) is 0 Å². The first-order chi connectivity index (χ1) is 10.8. The second kappa shape index (κ2) is 10.3. The quantitative estimate of drug-likeness (QED) is 0.526. The van der Waals surface area contributed by atoms with Gasteiger partial charge < -0.3 is 4.74 Å². The van der Waals surface area contributed by atoms with E-state index < -0.39 is 0 Å². The van der Waals surface area contributed by atoms with E-state index in [0.717, 1.165) is 44.1 Å². The van der Waals surface area contributed by atoms with Gasteiger partial charge in [-0.15, -0.1) is 0 Å². The Hall–Kier alpha value is -0.550. The van der Waals surface area contributed by atoms with E-state index in [2.05, 4.69) is 13.0 Å². The summed E-state index contributed by atoms with van der Waals surface area (Å²) in [7, 11) is 0. The Bertz CT molecular complexity index is 319. The number of rotatable bonds is 8. The van der Waals surface area contributed by atoms with Gasteiger partial charge in [-0.05, 0) is 50.4 Å². The van der Waals surface area contributed by atoms with E-state index in [-0.39, 0.29) is 0 Å². The van der Waals surface area contributed by atoms with Gasteiger partial charge in [-0.1, -0.05) is 51.9 Å². The SMILES string of the molecule is CCCC[C@H]1CC[C@H](CCCOC2CCC(C#N)CC2)CC1. The molecule has 126 valence electrons. The molecule has 22 heavy (non-hydrogen) atoms. The van der Waals surface area contributed by atoms with Crippen LogP contribution in [-0.4, -0.2) is 12.7 Å². The maximum absolute atomic E-state index is 8.91. The molecule has 0 atom stereocenters. The molecule has 0 heterocycles. The number of nitrogens with zero attached hydrogens (tertiary/aromatic N) is 1. The largest absolute Gasteiger partial charge is 0.378 e. The van der Waals surface area contributed by atoms with Crippen molar-refractivity contribution >= 4 is 0 Å². The molecule has 0 aromatic rings. The van der Waals surface area contributed by atoms with Gasteiger partial charge in [0.15, 0.2) is 0 Å². The molecule has 0 aromatic carbocycles. The molecule has 2 fully saturated rings. The fraction of sp³-hybridized carbons (Fsp3) is 0.950. The van der Waals surface area contributed by atoms with Crippen LogP contribution in [0.5, 0.6) is 0 Å². The zero-order valence-electron chi connectivity index (χ0n) is 14.6. The van der Waals surface area contributed by atoms with Crippen molar-refractivity contribution in [1.82, 2.24) is 0 Å². The second-order valence-corrected chi connectivity index (χ2v) is 7.64. The van der Waals surface area contributed by atoms with Crippen LogP contribution in [0.2, 0.25) is 0 Å². The van der Waals surface area contributed by atoms with Crippen molar-refractivity contribution in [2.45, 2.75) is 96.5 Å². The van der Waals surface area contributed by atoms with Crippen molar-refractivity contribution in [3.63, 3.8) is 0 Å². The second-order valence-electron chi connectivity index (χ2n) is 7.64. The molecule has 2 aliphatic carbocycles. The Morgan fingerprint density at radius 2 is 1.45 bits per heavy atom. The monoisotopic (exact) mass is 305 g/mol. The van der Waals surface area contributed by atoms with Crippen molar-refractivity contribution in [2.75, 3.05) is 6.61 Å². The summed E-state index contributed by atoms with van der Waals surface area (Å²) in [5.41, 5.74) is 0. The smallest absolute Gasteiger partial charge is 0.0655 e. The lowest BCUT2D eigenvalue weighted by Gasteiger charge is -2.29. The predicted molar refractivity (Wildman–Crippen MR) is 91.5 cm³/mol. The third kappa shape index (κ3) is 6.29. The summed E-state index contributed by atoms with van der Waals surface area (Å²) in [4.78, 5) is 0. The molecule has 0 aromatic heterocycles. The van der Waals surface area contributed by atoms with Crippen molar-refractivity contribution in [3.05, 3.63) is 0 Å². The Balaban J connectivity index is 1.47. The molecule has 0 unspecified atom stereocenters. The van der Waals surface area contributed by atoms with Crippen molar-refractivity contribution in [1.29, 1.82) is 5.26 Å². The van der Waals surface area contributed by atoms with E-state index in [9.17, 15) is 0 Å². The molecule has 0 N–H and O–H groups in total. The molecular formula is C20H35NO. The van der Waals surface area contributed by atoms with Gasteiger partial charge in [-0.25, -0.2) is 0 Å². The summed E-state index contributed by atoms with van der Waals surface area (Å²) in [5, 5.41) is 8.91. The molecule has 0 radical (unpaired) electrons. The van der Waals surface area contributed by atoms with E-state index in [0.29, 0.717) is 12.0 Å². The Labute approximate surface area is 137 Å². The maximum atomic E-state index is 8.91. The maximum Gasteiger partial charge on any atom is 0.0655 e. The summed E-state index contributed by atoms with van der Waals surface area (Å²) < 4.78 is 6.03. The predicted octanol–water partition coefficient (Wildman–Crippen LogP) is 5.86. The van der Waals surface area contributed by atoms with Crippen LogP contribution in [-0.2, 0) is 4.74 Å². The highest BCUT2D eigenvalue weighted by molar-refractivity contribution is 4.87. The van der Waals surface area contributed by atoms with Gasteiger partial charge in [0.25, 0.3) is 0 Å². The zero-order chi connectivity index (χ0) is 15.6. The van der Waals surface area contributed by atoms with Crippen molar-refractivity contribution in [2.24, 2.45) is 17.8 Å². The minimum atomic E-state index is 0.294. The first kappa shape index (κ1) is 17.8. The molecule has 0 saturated heterocycles. The minimum absolute atomic E-state index is 0.294. The van der Waals surface area contributed by atoms with Crippen LogP contribution in [0.15, 0.2) is 0 Å². The van der Waals surface area contributed by atoms with Crippen LogP contribution in [0.3, 0.4) is 0 Å². The van der Waals surface area contributed by atoms with E-state index in [1.54, 1.807) is 0 Å². The standard InChI is InChI=1S/C20H35NO/c1-2-3-5-17-7-9-18(10-8-17)6-4-15-22-20-13-11-19(16-21)12-14-20/h17-20H,2-15H2,1H3/t17-,18-,19?,20?. The van der Waals surface area contributed by atoms with Crippen molar-refractivity contribution in [3.8, 4) is 6.07 Å². The molecule has 0 amide bonds. The average molecular weight is 306 g/mol. The topological polar surface area (TPSA) is 33.0 Å². The normalized spacial score (nSPS) is 32.5. The highest BCUT2D eigenvalue weighted by Gasteiger charge is 2.22. The number of nitriles is 1. The molecule has 2 heteroatoms. The van der Waals surface area contributed by atoms with Crippen LogP contribution in [0.1, 0.15) is 90.4 Å². The summed E-state index contributed by atoms with van der Waals surface area (Å²) in [6.45, 7) is 3.25. The molecule has 2 nitrogen and oxygen atoms in total. The van der Waals surface area contributed by atoms with Crippen LogP contribution in [0, 0.1) is 29.1 Å². The fourth-order valence-electron chi connectivity index (χ4n) is 4.28. The minimum Gasteiger partial charge on any atom is -0.378 e. The summed E-state index contributed by atoms with van der Waals surface area (Å²) in [6.07, 6.45) is 17.5. The van der Waals surface area contributed by atoms with Crippen LogP contribution < -0.4 is 0 Å². The van der Waals surface area contributed by atoms with Crippen molar-refractivity contribution < 1.29 is 4.74 Å². The third-order valence-electron chi connectivity index (χ3n) is 5.90. The summed E-state index contributed by atoms with van der Waals surface area (Å²) in [5.74, 6) is 2.29. The highest BCUT2D eigenvalue weighted by Crippen LogP contribution is 2.34. The van der Waals surface area contributed by atoms with Gasteiger partial charge >= 0.3 is 0 Å². The summed E-state index contributed by atoms with van der Waals surface area (Å²) in [6, 6.07) is 2.40. The average Bonchev–Trinajstić information content (AvgIpc) is 2.58. The Morgan fingerprint density at radius 3 is 2.00 bits per heavy atom. The van der Waals surface area contributed by atoms with Gasteiger partial charge in [0.05, 0.1) is 12.2 Å². The first-order valence-corrected chi connectivity index (χ1v) is 9.83. The molecule has 2 rings (SSSR count). The van der Waals surface area contributed by atoms with Crippen LogP contribution in [0.25, 0.3) is 0 Å². The van der Waals surface area contributed by atoms with Gasteiger partial charge in [0.1, 0.15) is 0 Å². The molecule has 0 bridgehead atoms. The van der Waals surface area contributed by atoms with E-state index >= 15 is 0 Å². The molecular weight excluding hydrogens is 270 g/mol. The van der Waals surface area contributed by atoms with Gasteiger partial charge in [0.2, 0.25) is 0 Å². The highest BCUT2D eigenvalue weighted by atomic mass is 16.5. The van der Waals surface area contributed by atoms with E-state index in [1.165, 1.54) is 57.8 Å². The van der Waals surface area contributed by atoms with E-state index in [4.69, 9.17) is 10.00 Å². The van der Waals surface area contributed by atoms with Gasteiger partial charge in [0, 0.05) is 12.5 Å². The van der Waals surface area contributed by atoms with Crippen LogP contribution >= 0.6 is 0 Å². The Morgan fingerprint density at radius 1 is 0.864 bits per heavy atom. The number of unbranched alkanes of at least 4 members (excludes halogenated alkanes) is 1. The number of hydrogen-bond acceptors (Lipinski definition) is 2. The zero-order valence-corrected chi connectivity index (χ0v) is 14.6. The van der Waals surface area contributed by atoms with Gasteiger partial charge in [-0.2, -0.15) is 5.26 Å². The molecule has 2 saturated carbocycles. The molecule has 2 aliphatic rings. The number of hydrogen-bond donors (Lipinski definition) is 0. The van der Waals surface area contributed by atoms with E-state index in [1.807, 2.05) is 0 Å². The lowest BCUT2D eigenvalue weighted by Crippen LogP contribution is -2.22.